The van der Waals surface area contributed by atoms with Crippen molar-refractivity contribution in [1.29, 1.82) is 0 Å². The molecular weight excluding hydrogens is 368 g/mol. The SMILES string of the molecule is CCCOc1ccccc1NC(=O)CCCC[n+]1ccccc1.[Br-]. The van der Waals surface area contributed by atoms with Gasteiger partial charge in [-0.05, 0) is 25.0 Å². The molecule has 0 radical (unpaired) electrons. The van der Waals surface area contributed by atoms with Crippen LogP contribution in [0.4, 0.5) is 5.69 Å². The maximum atomic E-state index is 12.1. The van der Waals surface area contributed by atoms with Crippen LogP contribution in [0.1, 0.15) is 32.6 Å². The number of amides is 1. The summed E-state index contributed by atoms with van der Waals surface area (Å²) in [6, 6.07) is 13.6. The van der Waals surface area contributed by atoms with Gasteiger partial charge in [0.2, 0.25) is 5.91 Å². The van der Waals surface area contributed by atoms with Gasteiger partial charge in [0.05, 0.1) is 12.3 Å². The van der Waals surface area contributed by atoms with Crippen molar-refractivity contribution >= 4 is 11.6 Å². The number of rotatable bonds is 9. The van der Waals surface area contributed by atoms with Crippen molar-refractivity contribution in [2.45, 2.75) is 39.2 Å². The second-order valence-electron chi connectivity index (χ2n) is 5.46. The third-order valence-corrected chi connectivity index (χ3v) is 3.47. The molecule has 1 aromatic carbocycles. The van der Waals surface area contributed by atoms with Crippen LogP contribution in [0.5, 0.6) is 5.75 Å². The lowest BCUT2D eigenvalue weighted by molar-refractivity contribution is -0.697. The van der Waals surface area contributed by atoms with Crippen molar-refractivity contribution in [3.63, 3.8) is 0 Å². The summed E-state index contributed by atoms with van der Waals surface area (Å²) in [5, 5.41) is 2.95. The maximum absolute atomic E-state index is 12.1. The van der Waals surface area contributed by atoms with Crippen LogP contribution < -0.4 is 31.6 Å². The fourth-order valence-electron chi connectivity index (χ4n) is 2.28. The number of carbonyl (C=O) groups excluding carboxylic acids is 1. The first-order valence-electron chi connectivity index (χ1n) is 8.25. The monoisotopic (exact) mass is 392 g/mol. The van der Waals surface area contributed by atoms with Crippen LogP contribution in [-0.2, 0) is 11.3 Å². The number of ether oxygens (including phenoxy) is 1. The molecule has 5 heteroatoms. The second-order valence-corrected chi connectivity index (χ2v) is 5.46. The Hall–Kier alpha value is -1.88. The van der Waals surface area contributed by atoms with Crippen molar-refractivity contribution in [1.82, 2.24) is 0 Å². The number of pyridine rings is 1. The number of aromatic nitrogens is 1. The zero-order valence-electron chi connectivity index (χ0n) is 14.1. The molecule has 130 valence electrons. The molecule has 2 rings (SSSR count). The number of unbranched alkanes of at least 4 members (excludes halogenated alkanes) is 1. The van der Waals surface area contributed by atoms with Gasteiger partial charge < -0.3 is 27.0 Å². The van der Waals surface area contributed by atoms with E-state index < -0.39 is 0 Å². The lowest BCUT2D eigenvalue weighted by Crippen LogP contribution is -3.00. The Morgan fingerprint density at radius 2 is 1.83 bits per heavy atom. The van der Waals surface area contributed by atoms with E-state index in [0.29, 0.717) is 13.0 Å². The molecule has 1 heterocycles. The van der Waals surface area contributed by atoms with Gasteiger partial charge in [-0.25, -0.2) is 4.57 Å². The Morgan fingerprint density at radius 1 is 1.08 bits per heavy atom. The fraction of sp³-hybridized carbons (Fsp3) is 0.368. The first-order chi connectivity index (χ1) is 11.3. The maximum Gasteiger partial charge on any atom is 0.224 e. The number of para-hydroxylation sites is 2. The number of nitrogens with zero attached hydrogens (tertiary/aromatic N) is 1. The van der Waals surface area contributed by atoms with Crippen LogP contribution in [0.15, 0.2) is 54.9 Å². The summed E-state index contributed by atoms with van der Waals surface area (Å²) in [6.07, 6.45) is 7.40. The molecule has 0 bridgehead atoms. The molecule has 0 aliphatic heterocycles. The van der Waals surface area contributed by atoms with Crippen LogP contribution in [0, 0.1) is 0 Å². The van der Waals surface area contributed by atoms with E-state index in [9.17, 15) is 4.79 Å². The van der Waals surface area contributed by atoms with Gasteiger partial charge in [0.15, 0.2) is 12.4 Å². The molecule has 0 atom stereocenters. The second kappa shape index (κ2) is 11.6. The third kappa shape index (κ3) is 7.13. The smallest absolute Gasteiger partial charge is 0.224 e. The number of benzene rings is 1. The highest BCUT2D eigenvalue weighted by Crippen LogP contribution is 2.24. The Labute approximate surface area is 154 Å². The van der Waals surface area contributed by atoms with Gasteiger partial charge in [-0.15, -0.1) is 0 Å². The summed E-state index contributed by atoms with van der Waals surface area (Å²) in [4.78, 5) is 12.1. The van der Waals surface area contributed by atoms with Crippen molar-refractivity contribution < 1.29 is 31.1 Å². The van der Waals surface area contributed by atoms with Crippen LogP contribution in [0.3, 0.4) is 0 Å². The normalized spacial score (nSPS) is 9.88. The lowest BCUT2D eigenvalue weighted by atomic mass is 10.2. The van der Waals surface area contributed by atoms with Crippen molar-refractivity contribution in [2.24, 2.45) is 0 Å². The van der Waals surface area contributed by atoms with E-state index in [2.05, 4.69) is 16.8 Å². The zero-order chi connectivity index (χ0) is 16.3. The lowest BCUT2D eigenvalue weighted by Gasteiger charge is -2.11. The summed E-state index contributed by atoms with van der Waals surface area (Å²) in [5.41, 5.74) is 0.753. The van der Waals surface area contributed by atoms with E-state index in [4.69, 9.17) is 4.74 Å². The summed E-state index contributed by atoms with van der Waals surface area (Å²) < 4.78 is 7.78. The Kier molecular flexibility index (Phi) is 9.77. The third-order valence-electron chi connectivity index (χ3n) is 3.47. The molecule has 0 saturated carbocycles. The van der Waals surface area contributed by atoms with Crippen molar-refractivity contribution in [3.8, 4) is 5.75 Å². The molecule has 0 fully saturated rings. The first-order valence-corrected chi connectivity index (χ1v) is 8.25. The molecule has 0 spiro atoms. The first kappa shape index (κ1) is 20.2. The number of nitrogens with one attached hydrogen (secondary N) is 1. The number of carbonyl (C=O) groups is 1. The molecule has 1 N–H and O–H groups in total. The number of halogens is 1. The van der Waals surface area contributed by atoms with E-state index in [-0.39, 0.29) is 22.9 Å². The van der Waals surface area contributed by atoms with Crippen molar-refractivity contribution in [3.05, 3.63) is 54.9 Å². The highest BCUT2D eigenvalue weighted by Gasteiger charge is 2.08. The average molecular weight is 393 g/mol. The number of hydrogen-bond acceptors (Lipinski definition) is 2. The van der Waals surface area contributed by atoms with Crippen LogP contribution in [0.25, 0.3) is 0 Å². The van der Waals surface area contributed by atoms with Gasteiger partial charge >= 0.3 is 0 Å². The molecule has 0 saturated heterocycles. The highest BCUT2D eigenvalue weighted by molar-refractivity contribution is 5.92. The largest absolute Gasteiger partial charge is 1.00 e. The molecule has 0 aliphatic carbocycles. The minimum absolute atomic E-state index is 0. The summed E-state index contributed by atoms with van der Waals surface area (Å²) in [7, 11) is 0. The van der Waals surface area contributed by atoms with Crippen LogP contribution in [-0.4, -0.2) is 12.5 Å². The van der Waals surface area contributed by atoms with Gasteiger partial charge in [0.25, 0.3) is 0 Å². The molecule has 1 amide bonds. The molecular formula is C19H25BrN2O2. The van der Waals surface area contributed by atoms with E-state index in [0.717, 1.165) is 37.2 Å². The zero-order valence-corrected chi connectivity index (χ0v) is 15.7. The van der Waals surface area contributed by atoms with Gasteiger partial charge in [-0.2, -0.15) is 0 Å². The number of hydrogen-bond donors (Lipinski definition) is 1. The van der Waals surface area contributed by atoms with Gasteiger partial charge in [-0.1, -0.05) is 25.1 Å². The van der Waals surface area contributed by atoms with Gasteiger partial charge in [0.1, 0.15) is 12.3 Å². The van der Waals surface area contributed by atoms with E-state index in [1.807, 2.05) is 54.9 Å². The fourth-order valence-corrected chi connectivity index (χ4v) is 2.28. The predicted octanol–water partition coefficient (Wildman–Crippen LogP) is 0.576. The van der Waals surface area contributed by atoms with Crippen molar-refractivity contribution in [2.75, 3.05) is 11.9 Å². The molecule has 0 aliphatic rings. The van der Waals surface area contributed by atoms with Gasteiger partial charge in [0, 0.05) is 25.0 Å². The predicted molar refractivity (Wildman–Crippen MR) is 91.3 cm³/mol. The Balaban J connectivity index is 0.00000288. The van der Waals surface area contributed by atoms with Crippen LogP contribution >= 0.6 is 0 Å². The van der Waals surface area contributed by atoms with E-state index in [1.165, 1.54) is 0 Å². The highest BCUT2D eigenvalue weighted by atomic mass is 79.9. The number of aryl methyl sites for hydroxylation is 1. The molecule has 1 aromatic heterocycles. The minimum atomic E-state index is 0. The van der Waals surface area contributed by atoms with Gasteiger partial charge in [-0.3, -0.25) is 4.79 Å². The molecule has 2 aromatic rings. The molecule has 4 nitrogen and oxygen atoms in total. The Morgan fingerprint density at radius 3 is 2.58 bits per heavy atom. The molecule has 24 heavy (non-hydrogen) atoms. The average Bonchev–Trinajstić information content (AvgIpc) is 2.59. The van der Waals surface area contributed by atoms with E-state index in [1.54, 1.807) is 0 Å². The van der Waals surface area contributed by atoms with E-state index >= 15 is 0 Å². The quantitative estimate of drug-likeness (QED) is 0.500. The number of anilines is 1. The van der Waals surface area contributed by atoms with Crippen LogP contribution in [0.2, 0.25) is 0 Å². The Bertz CT molecular complexity index is 605. The standard InChI is InChI=1S/C19H24N2O2.BrH/c1-2-16-23-18-11-5-4-10-17(18)20-19(22)12-6-9-15-21-13-7-3-8-14-21;/h3-5,7-8,10-11,13-14H,2,6,9,12,15-16H2,1H3;1H. The topological polar surface area (TPSA) is 42.2 Å². The minimum Gasteiger partial charge on any atom is -1.00 e. The summed E-state index contributed by atoms with van der Waals surface area (Å²) in [5.74, 6) is 0.776. The summed E-state index contributed by atoms with van der Waals surface area (Å²) in [6.45, 7) is 3.65. The summed E-state index contributed by atoms with van der Waals surface area (Å²) >= 11 is 0. The molecule has 0 unspecified atom stereocenters.